The van der Waals surface area contributed by atoms with Crippen LogP contribution in [-0.4, -0.2) is 50.3 Å². The largest absolute Gasteiger partial charge is 0.416 e. The average molecular weight is 564 g/mol. The van der Waals surface area contributed by atoms with E-state index in [2.05, 4.69) is 4.90 Å². The Morgan fingerprint density at radius 3 is 2.24 bits per heavy atom. The number of ether oxygens (including phenoxy) is 1. The second kappa shape index (κ2) is 11.8. The molecule has 0 radical (unpaired) electrons. The maximum atomic E-state index is 13.1. The lowest BCUT2D eigenvalue weighted by Gasteiger charge is -2.36. The Hall–Kier alpha value is -2.94. The van der Waals surface area contributed by atoms with Gasteiger partial charge in [-0.25, -0.2) is 8.42 Å². The highest BCUT2D eigenvalue weighted by atomic mass is 35.5. The molecule has 0 saturated carbocycles. The Morgan fingerprint density at radius 1 is 0.974 bits per heavy atom. The molecule has 0 spiro atoms. The molecule has 6 nitrogen and oxygen atoms in total. The van der Waals surface area contributed by atoms with E-state index in [0.29, 0.717) is 30.2 Å². The number of alkyl halides is 3. The van der Waals surface area contributed by atoms with Gasteiger partial charge in [-0.2, -0.15) is 22.7 Å². The van der Waals surface area contributed by atoms with Gasteiger partial charge in [0.2, 0.25) is 10.0 Å². The van der Waals surface area contributed by atoms with E-state index in [0.717, 1.165) is 17.7 Å². The predicted octanol–water partition coefficient (Wildman–Crippen LogP) is 5.49. The van der Waals surface area contributed by atoms with Crippen LogP contribution >= 0.6 is 11.6 Å². The first-order chi connectivity index (χ1) is 18.1. The number of nitrogens with zero attached hydrogens (tertiary/aromatic N) is 3. The van der Waals surface area contributed by atoms with E-state index in [1.165, 1.54) is 28.6 Å². The molecule has 0 aromatic heterocycles. The molecule has 1 aliphatic heterocycles. The SMILES string of the molecule is N#Cc1cccc(S(=O)(=O)N2CCN(C[C@H](OCc3ccc(C(F)(F)F)cc3)c3ccc(Cl)cc3)CC2)c1. The van der Waals surface area contributed by atoms with Gasteiger partial charge in [-0.1, -0.05) is 41.9 Å². The van der Waals surface area contributed by atoms with Crippen LogP contribution < -0.4 is 0 Å². The Kier molecular flexibility index (Phi) is 8.75. The zero-order valence-electron chi connectivity index (χ0n) is 20.2. The number of piperazine rings is 1. The highest BCUT2D eigenvalue weighted by Gasteiger charge is 2.31. The third-order valence-electron chi connectivity index (χ3n) is 6.33. The number of rotatable bonds is 8. The van der Waals surface area contributed by atoms with Gasteiger partial charge in [-0.05, 0) is 53.6 Å². The maximum absolute atomic E-state index is 13.1. The first-order valence-electron chi connectivity index (χ1n) is 11.8. The van der Waals surface area contributed by atoms with Gasteiger partial charge in [0.25, 0.3) is 0 Å². The molecule has 1 saturated heterocycles. The lowest BCUT2D eigenvalue weighted by atomic mass is 10.1. The zero-order valence-corrected chi connectivity index (χ0v) is 21.8. The van der Waals surface area contributed by atoms with Gasteiger partial charge in [0, 0.05) is 37.7 Å². The fourth-order valence-corrected chi connectivity index (χ4v) is 5.78. The van der Waals surface area contributed by atoms with Crippen LogP contribution in [0.5, 0.6) is 0 Å². The van der Waals surface area contributed by atoms with Gasteiger partial charge in [0.05, 0.1) is 34.8 Å². The smallest absolute Gasteiger partial charge is 0.368 e. The van der Waals surface area contributed by atoms with Crippen LogP contribution in [0.1, 0.15) is 28.4 Å². The minimum Gasteiger partial charge on any atom is -0.368 e. The van der Waals surface area contributed by atoms with Crippen LogP contribution in [0.25, 0.3) is 0 Å². The van der Waals surface area contributed by atoms with Crippen molar-refractivity contribution in [3.05, 3.63) is 100 Å². The molecular weight excluding hydrogens is 539 g/mol. The molecule has 11 heteroatoms. The molecular formula is C27H25ClF3N3O3S. The summed E-state index contributed by atoms with van der Waals surface area (Å²) < 4.78 is 72.3. The molecule has 4 rings (SSSR count). The summed E-state index contributed by atoms with van der Waals surface area (Å²) in [4.78, 5) is 2.17. The van der Waals surface area contributed by atoms with E-state index >= 15 is 0 Å². The van der Waals surface area contributed by atoms with Gasteiger partial charge < -0.3 is 4.74 Å². The molecule has 38 heavy (non-hydrogen) atoms. The summed E-state index contributed by atoms with van der Waals surface area (Å²) >= 11 is 6.04. The summed E-state index contributed by atoms with van der Waals surface area (Å²) in [6.07, 6.45) is -4.82. The Bertz CT molecular complexity index is 1380. The fourth-order valence-electron chi connectivity index (χ4n) is 4.18. The van der Waals surface area contributed by atoms with Crippen molar-refractivity contribution < 1.29 is 26.3 Å². The maximum Gasteiger partial charge on any atom is 0.416 e. The van der Waals surface area contributed by atoms with E-state index in [-0.39, 0.29) is 30.2 Å². The number of hydrogen-bond donors (Lipinski definition) is 0. The van der Waals surface area contributed by atoms with Crippen LogP contribution in [0.15, 0.2) is 77.7 Å². The topological polar surface area (TPSA) is 73.6 Å². The quantitative estimate of drug-likeness (QED) is 0.362. The number of benzene rings is 3. The fraction of sp³-hybridized carbons (Fsp3) is 0.296. The Labute approximate surface area is 224 Å². The van der Waals surface area contributed by atoms with Gasteiger partial charge in [-0.15, -0.1) is 0 Å². The van der Waals surface area contributed by atoms with E-state index in [1.54, 1.807) is 24.3 Å². The monoisotopic (exact) mass is 563 g/mol. The van der Waals surface area contributed by atoms with Crippen LogP contribution in [0.3, 0.4) is 0 Å². The van der Waals surface area contributed by atoms with Crippen molar-refractivity contribution >= 4 is 21.6 Å². The Morgan fingerprint density at radius 2 is 1.63 bits per heavy atom. The molecule has 0 unspecified atom stereocenters. The summed E-state index contributed by atoms with van der Waals surface area (Å²) in [5, 5.41) is 9.66. The van der Waals surface area contributed by atoms with E-state index in [4.69, 9.17) is 21.6 Å². The van der Waals surface area contributed by atoms with E-state index < -0.39 is 27.9 Å². The average Bonchev–Trinajstić information content (AvgIpc) is 2.91. The summed E-state index contributed by atoms with van der Waals surface area (Å²) in [5.74, 6) is 0. The van der Waals surface area contributed by atoms with Crippen LogP contribution in [0, 0.1) is 11.3 Å². The van der Waals surface area contributed by atoms with Crippen molar-refractivity contribution in [1.29, 1.82) is 5.26 Å². The molecule has 1 fully saturated rings. The molecule has 1 atom stereocenters. The first kappa shape index (κ1) is 28.1. The zero-order chi connectivity index (χ0) is 27.3. The highest BCUT2D eigenvalue weighted by molar-refractivity contribution is 7.89. The lowest BCUT2D eigenvalue weighted by Crippen LogP contribution is -2.49. The van der Waals surface area contributed by atoms with Gasteiger partial charge in [0.15, 0.2) is 0 Å². The van der Waals surface area contributed by atoms with Crippen molar-refractivity contribution in [3.8, 4) is 6.07 Å². The van der Waals surface area contributed by atoms with Crippen molar-refractivity contribution in [2.45, 2.75) is 23.8 Å². The predicted molar refractivity (Wildman–Crippen MR) is 137 cm³/mol. The van der Waals surface area contributed by atoms with Crippen molar-refractivity contribution in [2.24, 2.45) is 0 Å². The number of hydrogen-bond acceptors (Lipinski definition) is 5. The Balaban J connectivity index is 1.42. The van der Waals surface area contributed by atoms with Crippen molar-refractivity contribution in [2.75, 3.05) is 32.7 Å². The molecule has 200 valence electrons. The van der Waals surface area contributed by atoms with Gasteiger partial charge >= 0.3 is 6.18 Å². The summed E-state index contributed by atoms with van der Waals surface area (Å²) in [7, 11) is -3.73. The summed E-state index contributed by atoms with van der Waals surface area (Å²) in [6.45, 7) is 2.03. The number of sulfonamides is 1. The minimum atomic E-state index is -4.40. The van der Waals surface area contributed by atoms with Crippen LogP contribution in [0.4, 0.5) is 13.2 Å². The third kappa shape index (κ3) is 6.92. The minimum absolute atomic E-state index is 0.0870. The van der Waals surface area contributed by atoms with Crippen LogP contribution in [-0.2, 0) is 27.5 Å². The summed E-state index contributed by atoms with van der Waals surface area (Å²) in [6, 6.07) is 19.9. The normalized spacial score (nSPS) is 16.2. The first-order valence-corrected chi connectivity index (χ1v) is 13.6. The third-order valence-corrected chi connectivity index (χ3v) is 8.48. The van der Waals surface area contributed by atoms with E-state index in [1.807, 2.05) is 18.2 Å². The van der Waals surface area contributed by atoms with Gasteiger partial charge in [0.1, 0.15) is 0 Å². The molecule has 0 bridgehead atoms. The molecule has 3 aromatic rings. The second-order valence-corrected chi connectivity index (χ2v) is 11.3. The number of halogens is 4. The molecule has 1 aliphatic rings. The molecule has 0 amide bonds. The standard InChI is InChI=1S/C27H25ClF3N3O3S/c28-24-10-6-22(7-11-24)26(37-19-20-4-8-23(9-5-20)27(29,30)31)18-33-12-14-34(15-13-33)38(35,36)25-3-1-2-21(16-25)17-32/h1-11,16,26H,12-15,18-19H2/t26-/m0/s1. The number of nitriles is 1. The molecule has 0 N–H and O–H groups in total. The van der Waals surface area contributed by atoms with Gasteiger partial charge in [-0.3, -0.25) is 4.90 Å². The van der Waals surface area contributed by atoms with Crippen molar-refractivity contribution in [3.63, 3.8) is 0 Å². The second-order valence-electron chi connectivity index (χ2n) is 8.89. The van der Waals surface area contributed by atoms with E-state index in [9.17, 15) is 21.6 Å². The molecule has 1 heterocycles. The van der Waals surface area contributed by atoms with Crippen molar-refractivity contribution in [1.82, 2.24) is 9.21 Å². The molecule has 3 aromatic carbocycles. The van der Waals surface area contributed by atoms with Crippen LogP contribution in [0.2, 0.25) is 5.02 Å². The molecule has 0 aliphatic carbocycles. The lowest BCUT2D eigenvalue weighted by molar-refractivity contribution is -0.137. The highest BCUT2D eigenvalue weighted by Crippen LogP contribution is 2.30. The summed E-state index contributed by atoms with van der Waals surface area (Å²) in [5.41, 5.74) is 1.01.